The third kappa shape index (κ3) is 5.32. The van der Waals surface area contributed by atoms with Crippen LogP contribution in [0.2, 0.25) is 0 Å². The number of carbonyl (C=O) groups is 1. The van der Waals surface area contributed by atoms with Crippen LogP contribution in [0.15, 0.2) is 34.8 Å². The summed E-state index contributed by atoms with van der Waals surface area (Å²) in [7, 11) is 1.87. The SMILES string of the molecule is Cc1csc(NC(=O)CSc2nnc(COc3ccc(C(C)C)cc3)n2C)n1. The molecule has 9 heteroatoms. The van der Waals surface area contributed by atoms with Crippen LogP contribution in [0.3, 0.4) is 0 Å². The zero-order chi connectivity index (χ0) is 20.1. The molecular formula is C19H23N5O2S2. The van der Waals surface area contributed by atoms with E-state index < -0.39 is 0 Å². The predicted octanol–water partition coefficient (Wildman–Crippen LogP) is 4.01. The number of hydrogen-bond acceptors (Lipinski definition) is 7. The fraction of sp³-hybridized carbons (Fsp3) is 0.368. The summed E-state index contributed by atoms with van der Waals surface area (Å²) in [5.74, 6) is 2.10. The summed E-state index contributed by atoms with van der Waals surface area (Å²) in [5, 5.41) is 14.3. The van der Waals surface area contributed by atoms with Gasteiger partial charge in [0.2, 0.25) is 5.91 Å². The minimum Gasteiger partial charge on any atom is -0.486 e. The van der Waals surface area contributed by atoms with Crippen LogP contribution < -0.4 is 10.1 Å². The number of anilines is 1. The van der Waals surface area contributed by atoms with Gasteiger partial charge in [-0.15, -0.1) is 21.5 Å². The van der Waals surface area contributed by atoms with Gasteiger partial charge >= 0.3 is 0 Å². The van der Waals surface area contributed by atoms with Gasteiger partial charge in [0.25, 0.3) is 0 Å². The van der Waals surface area contributed by atoms with Crippen molar-refractivity contribution >= 4 is 34.1 Å². The first-order valence-corrected chi connectivity index (χ1v) is 10.7. The van der Waals surface area contributed by atoms with Crippen molar-refractivity contribution in [2.45, 2.75) is 38.5 Å². The first-order valence-electron chi connectivity index (χ1n) is 8.88. The van der Waals surface area contributed by atoms with E-state index in [-0.39, 0.29) is 11.7 Å². The topological polar surface area (TPSA) is 81.9 Å². The fourth-order valence-electron chi connectivity index (χ4n) is 2.39. The number of nitrogens with zero attached hydrogens (tertiary/aromatic N) is 4. The molecule has 0 saturated heterocycles. The molecule has 0 bridgehead atoms. The number of benzene rings is 1. The summed E-state index contributed by atoms with van der Waals surface area (Å²) >= 11 is 2.74. The number of hydrogen-bond donors (Lipinski definition) is 1. The van der Waals surface area contributed by atoms with Crippen LogP contribution in [0.4, 0.5) is 5.13 Å². The first-order chi connectivity index (χ1) is 13.4. The van der Waals surface area contributed by atoms with Crippen LogP contribution >= 0.6 is 23.1 Å². The van der Waals surface area contributed by atoms with Crippen molar-refractivity contribution < 1.29 is 9.53 Å². The summed E-state index contributed by atoms with van der Waals surface area (Å²) in [4.78, 5) is 16.3. The van der Waals surface area contributed by atoms with Crippen molar-refractivity contribution in [2.75, 3.05) is 11.1 Å². The summed E-state index contributed by atoms with van der Waals surface area (Å²) in [6.45, 7) is 6.53. The average Bonchev–Trinajstić information content (AvgIpc) is 3.24. The van der Waals surface area contributed by atoms with E-state index in [1.54, 1.807) is 0 Å². The second kappa shape index (κ2) is 9.20. The normalized spacial score (nSPS) is 11.0. The lowest BCUT2D eigenvalue weighted by Gasteiger charge is -2.09. The Kier molecular flexibility index (Phi) is 6.69. The van der Waals surface area contributed by atoms with Gasteiger partial charge in [0.1, 0.15) is 12.4 Å². The number of nitrogens with one attached hydrogen (secondary N) is 1. The highest BCUT2D eigenvalue weighted by Gasteiger charge is 2.13. The van der Waals surface area contributed by atoms with Gasteiger partial charge < -0.3 is 14.6 Å². The van der Waals surface area contributed by atoms with Gasteiger partial charge in [-0.3, -0.25) is 4.79 Å². The Hall–Kier alpha value is -2.39. The molecule has 148 valence electrons. The molecule has 0 aliphatic carbocycles. The third-order valence-corrected chi connectivity index (χ3v) is 5.93. The summed E-state index contributed by atoms with van der Waals surface area (Å²) in [5.41, 5.74) is 2.17. The lowest BCUT2D eigenvalue weighted by molar-refractivity contribution is -0.113. The van der Waals surface area contributed by atoms with Crippen molar-refractivity contribution in [2.24, 2.45) is 7.05 Å². The van der Waals surface area contributed by atoms with E-state index in [2.05, 4.69) is 46.5 Å². The molecule has 0 aliphatic heterocycles. The predicted molar refractivity (Wildman–Crippen MR) is 112 cm³/mol. The van der Waals surface area contributed by atoms with Gasteiger partial charge in [0.05, 0.1) is 11.4 Å². The molecule has 1 aromatic carbocycles. The zero-order valence-corrected chi connectivity index (χ0v) is 17.9. The van der Waals surface area contributed by atoms with Gasteiger partial charge in [-0.05, 0) is 30.5 Å². The number of aryl methyl sites for hydroxylation is 1. The van der Waals surface area contributed by atoms with Crippen LogP contribution in [0.5, 0.6) is 5.75 Å². The Bertz CT molecular complexity index is 934. The molecule has 0 saturated carbocycles. The molecule has 2 heterocycles. The Labute approximate surface area is 172 Å². The number of rotatable bonds is 8. The molecule has 3 aromatic rings. The highest BCUT2D eigenvalue weighted by atomic mass is 32.2. The minimum atomic E-state index is -0.120. The average molecular weight is 418 g/mol. The molecule has 1 amide bonds. The number of carbonyl (C=O) groups excluding carboxylic acids is 1. The molecule has 0 unspecified atom stereocenters. The van der Waals surface area contributed by atoms with E-state index in [9.17, 15) is 4.79 Å². The zero-order valence-electron chi connectivity index (χ0n) is 16.3. The number of thioether (sulfide) groups is 1. The third-order valence-electron chi connectivity index (χ3n) is 4.04. The molecule has 2 aromatic heterocycles. The van der Waals surface area contributed by atoms with Gasteiger partial charge in [-0.2, -0.15) is 0 Å². The van der Waals surface area contributed by atoms with Crippen molar-refractivity contribution in [3.63, 3.8) is 0 Å². The molecule has 0 radical (unpaired) electrons. The Morgan fingerprint density at radius 2 is 2.04 bits per heavy atom. The summed E-state index contributed by atoms with van der Waals surface area (Å²) in [6, 6.07) is 8.07. The van der Waals surface area contributed by atoms with E-state index in [0.717, 1.165) is 11.4 Å². The fourth-order valence-corrected chi connectivity index (χ4v) is 3.82. The van der Waals surface area contributed by atoms with Gasteiger partial charge in [-0.25, -0.2) is 4.98 Å². The van der Waals surface area contributed by atoms with Crippen molar-refractivity contribution in [3.05, 3.63) is 46.7 Å². The van der Waals surface area contributed by atoms with Crippen molar-refractivity contribution in [3.8, 4) is 5.75 Å². The largest absolute Gasteiger partial charge is 0.486 e. The van der Waals surface area contributed by atoms with Crippen molar-refractivity contribution in [1.82, 2.24) is 19.7 Å². The van der Waals surface area contributed by atoms with Crippen molar-refractivity contribution in [1.29, 1.82) is 0 Å². The van der Waals surface area contributed by atoms with E-state index in [4.69, 9.17) is 4.74 Å². The Morgan fingerprint density at radius 3 is 2.68 bits per heavy atom. The minimum absolute atomic E-state index is 0.120. The maximum absolute atomic E-state index is 12.1. The standard InChI is InChI=1S/C19H23N5O2S2/c1-12(2)14-5-7-15(8-6-14)26-9-16-22-23-19(24(16)4)28-11-17(25)21-18-20-13(3)10-27-18/h5-8,10,12H,9,11H2,1-4H3,(H,20,21,25). The number of amides is 1. The van der Waals surface area contributed by atoms with Crippen LogP contribution in [0, 0.1) is 6.92 Å². The molecule has 1 N–H and O–H groups in total. The maximum Gasteiger partial charge on any atom is 0.236 e. The van der Waals surface area contributed by atoms with Gasteiger partial charge in [0.15, 0.2) is 16.1 Å². The van der Waals surface area contributed by atoms with Gasteiger partial charge in [0, 0.05) is 12.4 Å². The maximum atomic E-state index is 12.1. The second-order valence-corrected chi connectivity index (χ2v) is 8.40. The number of thiazole rings is 1. The summed E-state index contributed by atoms with van der Waals surface area (Å²) < 4.78 is 7.65. The molecule has 0 atom stereocenters. The summed E-state index contributed by atoms with van der Waals surface area (Å²) in [6.07, 6.45) is 0. The van der Waals surface area contributed by atoms with E-state index in [1.165, 1.54) is 28.7 Å². The Morgan fingerprint density at radius 1 is 1.29 bits per heavy atom. The molecular weight excluding hydrogens is 394 g/mol. The monoisotopic (exact) mass is 417 g/mol. The lowest BCUT2D eigenvalue weighted by Crippen LogP contribution is -2.14. The smallest absolute Gasteiger partial charge is 0.236 e. The van der Waals surface area contributed by atoms with Crippen LogP contribution in [-0.2, 0) is 18.4 Å². The van der Waals surface area contributed by atoms with Crippen LogP contribution in [0.25, 0.3) is 0 Å². The molecule has 7 nitrogen and oxygen atoms in total. The molecule has 0 aliphatic rings. The molecule has 0 fully saturated rings. The van der Waals surface area contributed by atoms with Gasteiger partial charge in [-0.1, -0.05) is 37.7 Å². The van der Waals surface area contributed by atoms with Crippen LogP contribution in [-0.4, -0.2) is 31.4 Å². The quantitative estimate of drug-likeness (QED) is 0.558. The molecule has 28 heavy (non-hydrogen) atoms. The highest BCUT2D eigenvalue weighted by Crippen LogP contribution is 2.21. The van der Waals surface area contributed by atoms with E-state index in [1.807, 2.05) is 36.1 Å². The second-order valence-electron chi connectivity index (χ2n) is 6.60. The lowest BCUT2D eigenvalue weighted by atomic mass is 10.0. The highest BCUT2D eigenvalue weighted by molar-refractivity contribution is 7.99. The van der Waals surface area contributed by atoms with E-state index >= 15 is 0 Å². The van der Waals surface area contributed by atoms with Crippen LogP contribution in [0.1, 0.15) is 36.8 Å². The number of aromatic nitrogens is 4. The number of ether oxygens (including phenoxy) is 1. The first kappa shape index (κ1) is 20.3. The Balaban J connectivity index is 1.51. The molecule has 0 spiro atoms. The van der Waals surface area contributed by atoms with E-state index in [0.29, 0.717) is 28.6 Å². The molecule has 3 rings (SSSR count).